The van der Waals surface area contributed by atoms with Crippen LogP contribution in [0, 0.1) is 32.5 Å². The van der Waals surface area contributed by atoms with Crippen LogP contribution < -0.4 is 19.7 Å². The van der Waals surface area contributed by atoms with E-state index in [9.17, 15) is 4.79 Å². The summed E-state index contributed by atoms with van der Waals surface area (Å²) >= 11 is 1.50. The number of amides is 1. The highest BCUT2D eigenvalue weighted by atomic mass is 32.1. The fourth-order valence-electron chi connectivity index (χ4n) is 5.97. The van der Waals surface area contributed by atoms with Gasteiger partial charge >= 0.3 is 6.09 Å². The van der Waals surface area contributed by atoms with Crippen LogP contribution in [0.2, 0.25) is 0 Å². The maximum absolute atomic E-state index is 15.1. The first-order chi connectivity index (χ1) is 23.2. The number of aromatic nitrogens is 3. The van der Waals surface area contributed by atoms with Gasteiger partial charge in [-0.15, -0.1) is 11.3 Å². The molecule has 1 atom stereocenters. The van der Waals surface area contributed by atoms with E-state index in [1.165, 1.54) is 22.3 Å². The van der Waals surface area contributed by atoms with Crippen molar-refractivity contribution in [3.05, 3.63) is 107 Å². The smallest absolute Gasteiger partial charge is 0.421 e. The highest BCUT2D eigenvalue weighted by Gasteiger charge is 2.24. The van der Waals surface area contributed by atoms with E-state index in [2.05, 4.69) is 27.2 Å². The number of carbonyl (C=O) groups excluding carboxylic acids is 1. The summed E-state index contributed by atoms with van der Waals surface area (Å²) in [6.45, 7) is 8.44. The van der Waals surface area contributed by atoms with E-state index in [-0.39, 0.29) is 18.2 Å². The van der Waals surface area contributed by atoms with E-state index in [1.807, 2.05) is 68.6 Å². The van der Waals surface area contributed by atoms with Crippen molar-refractivity contribution in [2.45, 2.75) is 40.2 Å². The molecule has 11 heteroatoms. The lowest BCUT2D eigenvalue weighted by molar-refractivity contribution is 0.147. The number of likely N-dealkylation sites (tertiary alicyclic amines) is 1. The molecule has 0 aliphatic carbocycles. The molecule has 0 spiro atoms. The lowest BCUT2D eigenvalue weighted by atomic mass is 10.00. The van der Waals surface area contributed by atoms with E-state index in [4.69, 9.17) is 14.5 Å². The number of carbonyl (C=O) groups is 1. The standard InChI is InChI=1S/C37H39FN6O3S/c1-24-17-25(2)34(26(3)18-24)47-37(45)44(21-30-23-48-35(40-30)28-10-6-5-7-11-28)33-14-15-39-36(42-33)41-29-12-13-32(31(38)19-29)46-22-27-9-8-16-43(4)20-27/h5-7,10-15,17-19,23,27H,8-9,16,20-22H2,1-4H3,(H,39,41,42). The van der Waals surface area contributed by atoms with E-state index in [1.54, 1.807) is 24.4 Å². The van der Waals surface area contributed by atoms with Gasteiger partial charge in [-0.05, 0) is 76.5 Å². The van der Waals surface area contributed by atoms with Gasteiger partial charge in [0.25, 0.3) is 0 Å². The molecule has 3 aromatic carbocycles. The number of nitrogens with one attached hydrogen (secondary N) is 1. The summed E-state index contributed by atoms with van der Waals surface area (Å²) in [6.07, 6.45) is 3.12. The minimum Gasteiger partial charge on any atom is -0.490 e. The lowest BCUT2D eigenvalue weighted by Gasteiger charge is -2.29. The molecule has 3 heterocycles. The fourth-order valence-corrected chi connectivity index (χ4v) is 6.78. The summed E-state index contributed by atoms with van der Waals surface area (Å²) in [5.74, 6) is 1.09. The Morgan fingerprint density at radius 1 is 1.06 bits per heavy atom. The molecule has 5 aromatic rings. The molecule has 9 nitrogen and oxygen atoms in total. The second kappa shape index (κ2) is 14.9. The van der Waals surface area contributed by atoms with Crippen molar-refractivity contribution in [3.8, 4) is 22.1 Å². The molecule has 1 unspecified atom stereocenters. The van der Waals surface area contributed by atoms with Gasteiger partial charge in [0.05, 0.1) is 18.8 Å². The summed E-state index contributed by atoms with van der Waals surface area (Å²) < 4.78 is 26.9. The number of aryl methyl sites for hydroxylation is 3. The van der Waals surface area contributed by atoms with Crippen LogP contribution in [0.15, 0.2) is 78.3 Å². The number of thiazole rings is 1. The first-order valence-electron chi connectivity index (χ1n) is 16.0. The van der Waals surface area contributed by atoms with Crippen molar-refractivity contribution in [2.75, 3.05) is 37.0 Å². The number of nitrogens with zero attached hydrogens (tertiary/aromatic N) is 5. The summed E-state index contributed by atoms with van der Waals surface area (Å²) in [5.41, 5.74) is 4.91. The Morgan fingerprint density at radius 3 is 2.60 bits per heavy atom. The van der Waals surface area contributed by atoms with Crippen molar-refractivity contribution >= 4 is 34.9 Å². The first-order valence-corrected chi connectivity index (χ1v) is 16.9. The molecule has 0 saturated carbocycles. The van der Waals surface area contributed by atoms with Crippen LogP contribution in [0.1, 0.15) is 35.2 Å². The number of piperidine rings is 1. The zero-order valence-corrected chi connectivity index (χ0v) is 28.4. The SMILES string of the molecule is Cc1cc(C)c(OC(=O)N(Cc2csc(-c3ccccc3)n2)c2ccnc(Nc3ccc(OCC4CCCN(C)C4)c(F)c3)n2)c(C)c1. The van der Waals surface area contributed by atoms with Crippen molar-refractivity contribution in [1.82, 2.24) is 19.9 Å². The van der Waals surface area contributed by atoms with Crippen molar-refractivity contribution in [2.24, 2.45) is 5.92 Å². The number of halogens is 1. The van der Waals surface area contributed by atoms with Crippen LogP contribution in [0.4, 0.5) is 26.6 Å². The van der Waals surface area contributed by atoms with E-state index in [0.717, 1.165) is 53.2 Å². The zero-order valence-electron chi connectivity index (χ0n) is 27.6. The molecular weight excluding hydrogens is 628 g/mol. The third kappa shape index (κ3) is 8.15. The number of hydrogen-bond donors (Lipinski definition) is 1. The molecule has 1 amide bonds. The molecule has 248 valence electrons. The largest absolute Gasteiger partial charge is 0.490 e. The van der Waals surface area contributed by atoms with E-state index in [0.29, 0.717) is 35.5 Å². The minimum atomic E-state index is -0.610. The van der Waals surface area contributed by atoms with Crippen LogP contribution in [0.3, 0.4) is 0 Å². The topological polar surface area (TPSA) is 92.7 Å². The lowest BCUT2D eigenvalue weighted by Crippen LogP contribution is -2.34. The van der Waals surface area contributed by atoms with Crippen molar-refractivity contribution in [1.29, 1.82) is 0 Å². The van der Waals surface area contributed by atoms with Crippen LogP contribution in [0.25, 0.3) is 10.6 Å². The van der Waals surface area contributed by atoms with Crippen LogP contribution >= 0.6 is 11.3 Å². The number of anilines is 3. The Balaban J connectivity index is 1.22. The normalized spacial score (nSPS) is 14.8. The van der Waals surface area contributed by atoms with Crippen molar-refractivity contribution < 1.29 is 18.7 Å². The maximum Gasteiger partial charge on any atom is 0.421 e. The second-order valence-electron chi connectivity index (χ2n) is 12.3. The van der Waals surface area contributed by atoms with Gasteiger partial charge in [-0.1, -0.05) is 48.0 Å². The third-order valence-electron chi connectivity index (χ3n) is 8.21. The molecule has 2 aromatic heterocycles. The number of ether oxygens (including phenoxy) is 2. The molecule has 0 radical (unpaired) electrons. The molecule has 1 fully saturated rings. The van der Waals surface area contributed by atoms with Gasteiger partial charge in [0.1, 0.15) is 16.6 Å². The van der Waals surface area contributed by atoms with E-state index < -0.39 is 11.9 Å². The second-order valence-corrected chi connectivity index (χ2v) is 13.1. The Bertz CT molecular complexity index is 1860. The number of rotatable bonds is 10. The summed E-state index contributed by atoms with van der Waals surface area (Å²) in [5, 5.41) is 5.83. The van der Waals surface area contributed by atoms with Gasteiger partial charge in [-0.25, -0.2) is 19.2 Å². The molecule has 0 bridgehead atoms. The number of hydrogen-bond acceptors (Lipinski definition) is 9. The molecule has 1 N–H and O–H groups in total. The average molecular weight is 667 g/mol. The first kappa shape index (κ1) is 33.0. The quantitative estimate of drug-likeness (QED) is 0.159. The van der Waals surface area contributed by atoms with Crippen LogP contribution in [-0.2, 0) is 6.54 Å². The minimum absolute atomic E-state index is 0.111. The summed E-state index contributed by atoms with van der Waals surface area (Å²) in [6, 6.07) is 20.1. The zero-order chi connectivity index (χ0) is 33.6. The van der Waals surface area contributed by atoms with Gasteiger partial charge in [0.15, 0.2) is 11.6 Å². The van der Waals surface area contributed by atoms with E-state index >= 15 is 4.39 Å². The van der Waals surface area contributed by atoms with Crippen molar-refractivity contribution in [3.63, 3.8) is 0 Å². The van der Waals surface area contributed by atoms with Gasteiger partial charge in [-0.2, -0.15) is 4.98 Å². The highest BCUT2D eigenvalue weighted by Crippen LogP contribution is 2.29. The third-order valence-corrected chi connectivity index (χ3v) is 9.15. The fraction of sp³-hybridized carbons (Fsp3) is 0.297. The Morgan fingerprint density at radius 2 is 1.85 bits per heavy atom. The summed E-state index contributed by atoms with van der Waals surface area (Å²) in [7, 11) is 2.10. The predicted molar refractivity (Wildman–Crippen MR) is 188 cm³/mol. The van der Waals surface area contributed by atoms with Crippen LogP contribution in [-0.4, -0.2) is 52.7 Å². The average Bonchev–Trinajstić information content (AvgIpc) is 3.54. The number of benzene rings is 3. The van der Waals surface area contributed by atoms with Crippen LogP contribution in [0.5, 0.6) is 11.5 Å². The highest BCUT2D eigenvalue weighted by molar-refractivity contribution is 7.13. The van der Waals surface area contributed by atoms with Gasteiger partial charge in [-0.3, -0.25) is 4.90 Å². The molecule has 6 rings (SSSR count). The van der Waals surface area contributed by atoms with Gasteiger partial charge in [0.2, 0.25) is 5.95 Å². The predicted octanol–water partition coefficient (Wildman–Crippen LogP) is 8.33. The monoisotopic (exact) mass is 666 g/mol. The van der Waals surface area contributed by atoms with Gasteiger partial charge in [0, 0.05) is 41.4 Å². The van der Waals surface area contributed by atoms with Gasteiger partial charge < -0.3 is 19.7 Å². The molecular formula is C37H39FN6O3S. The maximum atomic E-state index is 15.1. The Hall–Kier alpha value is -4.87. The molecule has 48 heavy (non-hydrogen) atoms. The Kier molecular flexibility index (Phi) is 10.3. The molecule has 1 aliphatic rings. The summed E-state index contributed by atoms with van der Waals surface area (Å²) in [4.78, 5) is 31.3. The Labute approximate surface area is 284 Å². The molecule has 1 saturated heterocycles. The molecule has 1 aliphatic heterocycles.